The second-order valence-electron chi connectivity index (χ2n) is 4.00. The van der Waals surface area contributed by atoms with E-state index in [-0.39, 0.29) is 19.0 Å². The van der Waals surface area contributed by atoms with Crippen LogP contribution in [0.1, 0.15) is 10.5 Å². The topological polar surface area (TPSA) is 65.7 Å². The SMILES string of the molecule is Cn1cc(Cl)cc1C(=O)N1C[C@@H](O)[C@@H](O)C1. The molecule has 0 radical (unpaired) electrons. The number of carbonyl (C=O) groups excluding carboxylic acids is 1. The number of aryl methyl sites for hydroxylation is 1. The number of amides is 1. The molecule has 0 aliphatic carbocycles. The Kier molecular flexibility index (Phi) is 2.92. The van der Waals surface area contributed by atoms with Gasteiger partial charge in [0.1, 0.15) is 5.69 Å². The van der Waals surface area contributed by atoms with E-state index in [4.69, 9.17) is 11.6 Å². The van der Waals surface area contributed by atoms with Gasteiger partial charge in [-0.15, -0.1) is 0 Å². The van der Waals surface area contributed by atoms with Crippen molar-refractivity contribution in [2.24, 2.45) is 7.05 Å². The molecule has 1 saturated heterocycles. The molecule has 0 bridgehead atoms. The maximum absolute atomic E-state index is 12.0. The van der Waals surface area contributed by atoms with Gasteiger partial charge < -0.3 is 19.7 Å². The zero-order valence-electron chi connectivity index (χ0n) is 8.80. The highest BCUT2D eigenvalue weighted by Gasteiger charge is 2.33. The minimum Gasteiger partial charge on any atom is -0.388 e. The molecule has 1 amide bonds. The summed E-state index contributed by atoms with van der Waals surface area (Å²) in [5.41, 5.74) is 0.450. The Bertz CT molecular complexity index is 408. The summed E-state index contributed by atoms with van der Waals surface area (Å²) >= 11 is 5.78. The summed E-state index contributed by atoms with van der Waals surface area (Å²) in [4.78, 5) is 13.4. The Hall–Kier alpha value is -1.04. The highest BCUT2D eigenvalue weighted by Crippen LogP contribution is 2.18. The van der Waals surface area contributed by atoms with E-state index >= 15 is 0 Å². The zero-order valence-corrected chi connectivity index (χ0v) is 9.55. The first-order valence-corrected chi connectivity index (χ1v) is 5.34. The van der Waals surface area contributed by atoms with E-state index in [1.54, 1.807) is 23.9 Å². The molecular formula is C10H13ClN2O3. The van der Waals surface area contributed by atoms with Crippen molar-refractivity contribution in [3.63, 3.8) is 0 Å². The lowest BCUT2D eigenvalue weighted by atomic mass is 10.3. The molecule has 0 spiro atoms. The average molecular weight is 245 g/mol. The summed E-state index contributed by atoms with van der Waals surface area (Å²) in [5, 5.41) is 19.2. The lowest BCUT2D eigenvalue weighted by molar-refractivity contribution is 0.0572. The first kappa shape index (κ1) is 11.4. The molecule has 1 aliphatic heterocycles. The molecule has 16 heavy (non-hydrogen) atoms. The van der Waals surface area contributed by atoms with Crippen molar-refractivity contribution in [3.05, 3.63) is 23.0 Å². The number of carbonyl (C=O) groups is 1. The molecule has 6 heteroatoms. The van der Waals surface area contributed by atoms with E-state index in [0.29, 0.717) is 10.7 Å². The fraction of sp³-hybridized carbons (Fsp3) is 0.500. The first-order valence-electron chi connectivity index (χ1n) is 4.96. The Morgan fingerprint density at radius 1 is 1.44 bits per heavy atom. The second-order valence-corrected chi connectivity index (χ2v) is 4.44. The molecule has 2 heterocycles. The monoisotopic (exact) mass is 244 g/mol. The van der Waals surface area contributed by atoms with Crippen LogP contribution in [0.15, 0.2) is 12.3 Å². The molecule has 0 unspecified atom stereocenters. The first-order chi connectivity index (χ1) is 7.49. The van der Waals surface area contributed by atoms with Crippen LogP contribution in [-0.2, 0) is 7.05 Å². The van der Waals surface area contributed by atoms with Crippen LogP contribution in [0.5, 0.6) is 0 Å². The molecule has 0 aromatic carbocycles. The number of aromatic nitrogens is 1. The molecule has 1 aromatic rings. The number of hydrogen-bond donors (Lipinski definition) is 2. The maximum atomic E-state index is 12.0. The molecule has 0 saturated carbocycles. The van der Waals surface area contributed by atoms with Gasteiger partial charge in [0.25, 0.3) is 5.91 Å². The Balaban J connectivity index is 2.17. The van der Waals surface area contributed by atoms with Gasteiger partial charge in [0.15, 0.2) is 0 Å². The summed E-state index contributed by atoms with van der Waals surface area (Å²) in [6, 6.07) is 1.57. The highest BCUT2D eigenvalue weighted by atomic mass is 35.5. The van der Waals surface area contributed by atoms with Crippen LogP contribution in [0, 0.1) is 0 Å². The van der Waals surface area contributed by atoms with Crippen molar-refractivity contribution in [3.8, 4) is 0 Å². The van der Waals surface area contributed by atoms with Crippen LogP contribution >= 0.6 is 11.6 Å². The van der Waals surface area contributed by atoms with E-state index in [0.717, 1.165) is 0 Å². The highest BCUT2D eigenvalue weighted by molar-refractivity contribution is 6.31. The molecule has 1 aliphatic rings. The lowest BCUT2D eigenvalue weighted by Gasteiger charge is -2.15. The number of nitrogens with zero attached hydrogens (tertiary/aromatic N) is 2. The fourth-order valence-electron chi connectivity index (χ4n) is 1.83. The summed E-state index contributed by atoms with van der Waals surface area (Å²) < 4.78 is 1.63. The van der Waals surface area contributed by atoms with Crippen LogP contribution in [-0.4, -0.2) is 50.9 Å². The van der Waals surface area contributed by atoms with Gasteiger partial charge in [-0.1, -0.05) is 11.6 Å². The summed E-state index contributed by atoms with van der Waals surface area (Å²) in [7, 11) is 1.72. The van der Waals surface area contributed by atoms with Crippen molar-refractivity contribution in [1.29, 1.82) is 0 Å². The van der Waals surface area contributed by atoms with Crippen molar-refractivity contribution in [2.45, 2.75) is 12.2 Å². The summed E-state index contributed by atoms with van der Waals surface area (Å²) in [6.07, 6.45) is -0.0862. The van der Waals surface area contributed by atoms with E-state index < -0.39 is 12.2 Å². The maximum Gasteiger partial charge on any atom is 0.270 e. The van der Waals surface area contributed by atoms with Gasteiger partial charge in [0.05, 0.1) is 17.2 Å². The molecule has 88 valence electrons. The molecule has 2 N–H and O–H groups in total. The predicted octanol–water partition coefficient (Wildman–Crippen LogP) is -0.144. The third-order valence-electron chi connectivity index (χ3n) is 2.74. The van der Waals surface area contributed by atoms with Gasteiger partial charge >= 0.3 is 0 Å². The Morgan fingerprint density at radius 2 is 2.00 bits per heavy atom. The number of β-amino-alcohol motifs (C(OH)–C–C–N with tert-alkyl or cyclic N) is 2. The van der Waals surface area contributed by atoms with Crippen LogP contribution in [0.4, 0.5) is 0 Å². The molecular weight excluding hydrogens is 232 g/mol. The third-order valence-corrected chi connectivity index (χ3v) is 2.94. The number of hydrogen-bond acceptors (Lipinski definition) is 3. The van der Waals surface area contributed by atoms with E-state index in [1.165, 1.54) is 4.90 Å². The number of likely N-dealkylation sites (tertiary alicyclic amines) is 1. The van der Waals surface area contributed by atoms with Crippen LogP contribution in [0.25, 0.3) is 0 Å². The standard InChI is InChI=1S/C10H13ClN2O3/c1-12-3-6(11)2-7(12)10(16)13-4-8(14)9(15)5-13/h2-3,8-9,14-15H,4-5H2,1H3/t8-,9+. The molecule has 1 aromatic heterocycles. The number of aliphatic hydroxyl groups is 2. The zero-order chi connectivity index (χ0) is 11.9. The third kappa shape index (κ3) is 1.93. The lowest BCUT2D eigenvalue weighted by Crippen LogP contribution is -2.31. The van der Waals surface area contributed by atoms with Crippen molar-refractivity contribution < 1.29 is 15.0 Å². The Morgan fingerprint density at radius 3 is 2.44 bits per heavy atom. The average Bonchev–Trinajstić information content (AvgIpc) is 2.70. The number of halogens is 1. The smallest absolute Gasteiger partial charge is 0.270 e. The quantitative estimate of drug-likeness (QED) is 0.723. The summed E-state index contributed by atoms with van der Waals surface area (Å²) in [6.45, 7) is 0.311. The Labute approximate surface area is 97.8 Å². The van der Waals surface area contributed by atoms with Crippen molar-refractivity contribution in [2.75, 3.05) is 13.1 Å². The van der Waals surface area contributed by atoms with E-state index in [9.17, 15) is 15.0 Å². The second kappa shape index (κ2) is 4.08. The minimum atomic E-state index is -0.861. The van der Waals surface area contributed by atoms with Gasteiger partial charge in [-0.25, -0.2) is 0 Å². The molecule has 1 fully saturated rings. The van der Waals surface area contributed by atoms with Gasteiger partial charge in [0.2, 0.25) is 0 Å². The number of aliphatic hydroxyl groups excluding tert-OH is 2. The van der Waals surface area contributed by atoms with Crippen LogP contribution in [0.2, 0.25) is 5.02 Å². The summed E-state index contributed by atoms with van der Waals surface area (Å²) in [5.74, 6) is -0.231. The van der Waals surface area contributed by atoms with Gasteiger partial charge in [-0.05, 0) is 6.07 Å². The largest absolute Gasteiger partial charge is 0.388 e. The number of rotatable bonds is 1. The van der Waals surface area contributed by atoms with Crippen molar-refractivity contribution in [1.82, 2.24) is 9.47 Å². The molecule has 2 rings (SSSR count). The van der Waals surface area contributed by atoms with Crippen LogP contribution in [0.3, 0.4) is 0 Å². The van der Waals surface area contributed by atoms with E-state index in [2.05, 4.69) is 0 Å². The predicted molar refractivity (Wildman–Crippen MR) is 58.3 cm³/mol. The van der Waals surface area contributed by atoms with Gasteiger partial charge in [-0.2, -0.15) is 0 Å². The molecule has 2 atom stereocenters. The van der Waals surface area contributed by atoms with Gasteiger partial charge in [-0.3, -0.25) is 4.79 Å². The van der Waals surface area contributed by atoms with Crippen LogP contribution < -0.4 is 0 Å². The minimum absolute atomic E-state index is 0.156. The normalized spacial score (nSPS) is 25.1. The fourth-order valence-corrected chi connectivity index (χ4v) is 2.08. The van der Waals surface area contributed by atoms with Crippen molar-refractivity contribution >= 4 is 17.5 Å². The van der Waals surface area contributed by atoms with E-state index in [1.807, 2.05) is 0 Å². The molecule has 5 nitrogen and oxygen atoms in total. The van der Waals surface area contributed by atoms with Gasteiger partial charge in [0, 0.05) is 26.3 Å².